The normalized spacial score (nSPS) is 13.8. The molecule has 13 heteroatoms. The van der Waals surface area contributed by atoms with Gasteiger partial charge in [0.15, 0.2) is 5.60 Å². The summed E-state index contributed by atoms with van der Waals surface area (Å²) >= 11 is 0. The van der Waals surface area contributed by atoms with Crippen LogP contribution < -0.4 is 4.74 Å². The molecule has 0 saturated heterocycles. The standard InChI is InChI=1S/C25H21F6N5O2/c1-3-16-12-19(26)7-10-21(16)23(37-2,14-36-15-33-34-35-36)24(27,28)22-11-6-18(13-32-22)17-4-8-20(9-5-17)38-25(29,30)31/h4-13,15H,3,14H2,1-2H3/t23-/m1/s1. The van der Waals surface area contributed by atoms with E-state index in [1.165, 1.54) is 36.5 Å². The van der Waals surface area contributed by atoms with Crippen molar-refractivity contribution < 1.29 is 35.8 Å². The van der Waals surface area contributed by atoms with Crippen LogP contribution in [0.3, 0.4) is 0 Å². The van der Waals surface area contributed by atoms with Gasteiger partial charge in [0.1, 0.15) is 23.6 Å². The van der Waals surface area contributed by atoms with Crippen molar-refractivity contribution in [1.29, 1.82) is 0 Å². The number of pyridine rings is 1. The number of benzene rings is 2. The molecule has 2 heterocycles. The summed E-state index contributed by atoms with van der Waals surface area (Å²) in [6.45, 7) is 1.18. The van der Waals surface area contributed by atoms with Gasteiger partial charge in [-0.1, -0.05) is 31.2 Å². The van der Waals surface area contributed by atoms with E-state index < -0.39 is 41.7 Å². The molecule has 0 spiro atoms. The van der Waals surface area contributed by atoms with Gasteiger partial charge in [0.05, 0.1) is 6.54 Å². The van der Waals surface area contributed by atoms with Gasteiger partial charge in [-0.2, -0.15) is 8.78 Å². The van der Waals surface area contributed by atoms with Crippen molar-refractivity contribution in [3.05, 3.63) is 89.8 Å². The van der Waals surface area contributed by atoms with Gasteiger partial charge >= 0.3 is 12.3 Å². The van der Waals surface area contributed by atoms with E-state index in [9.17, 15) is 17.6 Å². The molecule has 0 aliphatic heterocycles. The van der Waals surface area contributed by atoms with Crippen molar-refractivity contribution in [3.63, 3.8) is 0 Å². The van der Waals surface area contributed by atoms with E-state index in [0.717, 1.165) is 42.4 Å². The van der Waals surface area contributed by atoms with Crippen LogP contribution in [0.5, 0.6) is 5.75 Å². The highest BCUT2D eigenvalue weighted by molar-refractivity contribution is 5.63. The van der Waals surface area contributed by atoms with Crippen molar-refractivity contribution in [2.45, 2.75) is 37.8 Å². The van der Waals surface area contributed by atoms with E-state index in [0.29, 0.717) is 16.7 Å². The van der Waals surface area contributed by atoms with Crippen molar-refractivity contribution in [3.8, 4) is 16.9 Å². The summed E-state index contributed by atoms with van der Waals surface area (Å²) in [5, 5.41) is 10.7. The molecular formula is C25H21F6N5O2. The Hall–Kier alpha value is -4.00. The van der Waals surface area contributed by atoms with Crippen LogP contribution in [-0.2, 0) is 29.2 Å². The number of methoxy groups -OCH3 is 1. The Bertz CT molecular complexity index is 1360. The molecular weight excluding hydrogens is 516 g/mol. The average Bonchev–Trinajstić information content (AvgIpc) is 3.40. The molecule has 200 valence electrons. The maximum atomic E-state index is 16.4. The van der Waals surface area contributed by atoms with Crippen molar-refractivity contribution in [2.24, 2.45) is 0 Å². The summed E-state index contributed by atoms with van der Waals surface area (Å²) in [6, 6.07) is 10.8. The molecule has 0 unspecified atom stereocenters. The number of aryl methyl sites for hydroxylation is 1. The minimum atomic E-state index is -4.84. The maximum absolute atomic E-state index is 16.4. The summed E-state index contributed by atoms with van der Waals surface area (Å²) in [5.41, 5.74) is -1.89. The van der Waals surface area contributed by atoms with Crippen LogP contribution in [0.15, 0.2) is 67.1 Å². The van der Waals surface area contributed by atoms with Crippen LogP contribution in [0, 0.1) is 5.82 Å². The number of alkyl halides is 5. The molecule has 4 aromatic rings. The molecule has 0 N–H and O–H groups in total. The number of aromatic nitrogens is 5. The van der Waals surface area contributed by atoms with E-state index in [4.69, 9.17) is 4.74 Å². The Morgan fingerprint density at radius 1 is 0.921 bits per heavy atom. The first-order chi connectivity index (χ1) is 18.0. The highest BCUT2D eigenvalue weighted by Crippen LogP contribution is 2.49. The molecule has 1 atom stereocenters. The predicted octanol–water partition coefficient (Wildman–Crippen LogP) is 5.67. The smallest absolute Gasteiger partial charge is 0.406 e. The van der Waals surface area contributed by atoms with Gasteiger partial charge in [-0.05, 0) is 63.9 Å². The molecule has 0 fully saturated rings. The molecule has 0 saturated carbocycles. The van der Waals surface area contributed by atoms with Crippen LogP contribution >= 0.6 is 0 Å². The number of hydrogen-bond donors (Lipinski definition) is 0. The summed E-state index contributed by atoms with van der Waals surface area (Å²) in [5.74, 6) is -4.79. The summed E-state index contributed by atoms with van der Waals surface area (Å²) < 4.78 is 94.5. The van der Waals surface area contributed by atoms with Crippen molar-refractivity contribution in [1.82, 2.24) is 25.2 Å². The minimum Gasteiger partial charge on any atom is -0.406 e. The van der Waals surface area contributed by atoms with Gasteiger partial charge < -0.3 is 9.47 Å². The third-order valence-corrected chi connectivity index (χ3v) is 6.02. The van der Waals surface area contributed by atoms with Crippen LogP contribution in [-0.4, -0.2) is 38.7 Å². The lowest BCUT2D eigenvalue weighted by Crippen LogP contribution is -2.49. The molecule has 0 aliphatic rings. The second-order valence-corrected chi connectivity index (χ2v) is 8.27. The zero-order valence-corrected chi connectivity index (χ0v) is 20.1. The third kappa shape index (κ3) is 5.32. The van der Waals surface area contributed by atoms with Crippen molar-refractivity contribution >= 4 is 0 Å². The molecule has 2 aromatic heterocycles. The van der Waals surface area contributed by atoms with E-state index >= 15 is 8.78 Å². The molecule has 0 bridgehead atoms. The quantitative estimate of drug-likeness (QED) is 0.256. The highest BCUT2D eigenvalue weighted by Gasteiger charge is 2.59. The van der Waals surface area contributed by atoms with Crippen LogP contribution in [0.4, 0.5) is 26.3 Å². The van der Waals surface area contributed by atoms with E-state index in [1.807, 2.05) is 0 Å². The Morgan fingerprint density at radius 3 is 2.18 bits per heavy atom. The van der Waals surface area contributed by atoms with E-state index in [1.54, 1.807) is 6.92 Å². The lowest BCUT2D eigenvalue weighted by atomic mass is 9.81. The van der Waals surface area contributed by atoms with Gasteiger partial charge in [-0.15, -0.1) is 18.3 Å². The molecule has 38 heavy (non-hydrogen) atoms. The fourth-order valence-corrected chi connectivity index (χ4v) is 4.19. The first kappa shape index (κ1) is 27.0. The Kier molecular flexibility index (Phi) is 7.40. The first-order valence-corrected chi connectivity index (χ1v) is 11.2. The zero-order valence-electron chi connectivity index (χ0n) is 20.1. The van der Waals surface area contributed by atoms with Crippen LogP contribution in [0.2, 0.25) is 0 Å². The summed E-state index contributed by atoms with van der Waals surface area (Å²) in [6.07, 6.45) is -2.27. The van der Waals surface area contributed by atoms with Crippen LogP contribution in [0.25, 0.3) is 11.1 Å². The third-order valence-electron chi connectivity index (χ3n) is 6.02. The summed E-state index contributed by atoms with van der Waals surface area (Å²) in [7, 11) is 1.11. The zero-order chi connectivity index (χ0) is 27.6. The lowest BCUT2D eigenvalue weighted by Gasteiger charge is -2.40. The number of rotatable bonds is 9. The van der Waals surface area contributed by atoms with Gasteiger partial charge in [0, 0.05) is 18.9 Å². The fraction of sp³-hybridized carbons (Fsp3) is 0.280. The Labute approximate surface area is 213 Å². The molecule has 0 radical (unpaired) electrons. The summed E-state index contributed by atoms with van der Waals surface area (Å²) in [4.78, 5) is 3.97. The van der Waals surface area contributed by atoms with E-state index in [-0.39, 0.29) is 12.0 Å². The van der Waals surface area contributed by atoms with Crippen LogP contribution in [0.1, 0.15) is 23.7 Å². The second-order valence-electron chi connectivity index (χ2n) is 8.27. The largest absolute Gasteiger partial charge is 0.573 e. The van der Waals surface area contributed by atoms with Gasteiger partial charge in [0.2, 0.25) is 0 Å². The fourth-order valence-electron chi connectivity index (χ4n) is 4.19. The monoisotopic (exact) mass is 537 g/mol. The molecule has 7 nitrogen and oxygen atoms in total. The SMILES string of the molecule is CCc1cc(F)ccc1[C@@](Cn1cnnn1)(OC)C(F)(F)c1ccc(-c2ccc(OC(F)(F)F)cc2)cn1. The average molecular weight is 537 g/mol. The number of tetrazole rings is 1. The minimum absolute atomic E-state index is 0.0375. The predicted molar refractivity (Wildman–Crippen MR) is 123 cm³/mol. The number of hydrogen-bond acceptors (Lipinski definition) is 6. The van der Waals surface area contributed by atoms with Gasteiger partial charge in [-0.25, -0.2) is 9.07 Å². The second kappa shape index (κ2) is 10.4. The molecule has 0 amide bonds. The lowest BCUT2D eigenvalue weighted by molar-refractivity contribution is -0.274. The Balaban J connectivity index is 1.74. The van der Waals surface area contributed by atoms with Gasteiger partial charge in [-0.3, -0.25) is 4.98 Å². The molecule has 2 aromatic carbocycles. The molecule has 4 rings (SSSR count). The van der Waals surface area contributed by atoms with E-state index in [2.05, 4.69) is 25.2 Å². The Morgan fingerprint density at radius 2 is 1.63 bits per heavy atom. The topological polar surface area (TPSA) is 75.0 Å². The van der Waals surface area contributed by atoms with Gasteiger partial charge in [0.25, 0.3) is 0 Å². The number of nitrogens with zero attached hydrogens (tertiary/aromatic N) is 5. The maximum Gasteiger partial charge on any atom is 0.573 e. The number of halogens is 6. The van der Waals surface area contributed by atoms with Crippen molar-refractivity contribution in [2.75, 3.05) is 7.11 Å². The molecule has 0 aliphatic carbocycles. The highest BCUT2D eigenvalue weighted by atomic mass is 19.4. The first-order valence-electron chi connectivity index (χ1n) is 11.2. The number of ether oxygens (including phenoxy) is 2.